The van der Waals surface area contributed by atoms with Gasteiger partial charge < -0.3 is 19.3 Å². The third-order valence-electron chi connectivity index (χ3n) is 2.56. The molecule has 1 heterocycles. The van der Waals surface area contributed by atoms with Gasteiger partial charge in [-0.05, 0) is 13.0 Å². The van der Waals surface area contributed by atoms with Gasteiger partial charge in [0.25, 0.3) is 0 Å². The normalized spacial score (nSPS) is 12.3. The molecule has 1 aliphatic rings. The van der Waals surface area contributed by atoms with E-state index in [1.165, 1.54) is 0 Å². The van der Waals surface area contributed by atoms with Gasteiger partial charge in [0, 0.05) is 23.6 Å². The molecule has 1 aromatic carbocycles. The fraction of sp³-hybridized carbons (Fsp3) is 0.308. The van der Waals surface area contributed by atoms with Crippen LogP contribution in [0.4, 0.5) is 0 Å². The van der Waals surface area contributed by atoms with Crippen LogP contribution in [0.2, 0.25) is 0 Å². The molecule has 96 valence electrons. The maximum absolute atomic E-state index is 10.8. The van der Waals surface area contributed by atoms with E-state index in [0.717, 1.165) is 5.56 Å². The summed E-state index contributed by atoms with van der Waals surface area (Å²) in [5.41, 5.74) is 0.836. The highest BCUT2D eigenvalue weighted by Gasteiger charge is 2.19. The van der Waals surface area contributed by atoms with Crippen molar-refractivity contribution in [1.82, 2.24) is 0 Å². The molecule has 0 saturated heterocycles. The molecule has 0 spiro atoms. The van der Waals surface area contributed by atoms with Crippen LogP contribution in [-0.4, -0.2) is 24.5 Å². The minimum absolute atomic E-state index is 0.106. The number of carboxylic acid groups (broad SMARTS) is 1. The first-order valence-corrected chi connectivity index (χ1v) is 5.58. The molecule has 0 radical (unpaired) electrons. The number of ether oxygens (including phenoxy) is 3. The van der Waals surface area contributed by atoms with Gasteiger partial charge in [0.05, 0.1) is 6.61 Å². The Morgan fingerprint density at radius 2 is 2.11 bits per heavy atom. The van der Waals surface area contributed by atoms with Crippen molar-refractivity contribution in [3.05, 3.63) is 29.8 Å². The summed E-state index contributed by atoms with van der Waals surface area (Å²) in [7, 11) is 0. The van der Waals surface area contributed by atoms with Gasteiger partial charge in [0.2, 0.25) is 6.79 Å². The monoisotopic (exact) mass is 250 g/mol. The topological polar surface area (TPSA) is 65.0 Å². The second-order valence-corrected chi connectivity index (χ2v) is 3.83. The molecular formula is C13H14O5. The first-order chi connectivity index (χ1) is 8.61. The van der Waals surface area contributed by atoms with E-state index in [4.69, 9.17) is 19.3 Å². The zero-order chi connectivity index (χ0) is 13.1. The molecule has 0 bridgehead atoms. The van der Waals surface area contributed by atoms with E-state index in [1.54, 1.807) is 12.1 Å². The molecule has 0 aromatic heterocycles. The molecule has 0 fully saturated rings. The molecule has 0 unspecified atom stereocenters. The molecule has 5 heteroatoms. The van der Waals surface area contributed by atoms with Gasteiger partial charge in [-0.15, -0.1) is 0 Å². The number of carboxylic acids is 1. The highest BCUT2D eigenvalue weighted by molar-refractivity contribution is 5.86. The van der Waals surface area contributed by atoms with Crippen LogP contribution in [0.25, 0.3) is 0 Å². The van der Waals surface area contributed by atoms with Gasteiger partial charge in [-0.2, -0.15) is 0 Å². The van der Waals surface area contributed by atoms with E-state index in [2.05, 4.69) is 6.58 Å². The van der Waals surface area contributed by atoms with Crippen molar-refractivity contribution in [1.29, 1.82) is 0 Å². The van der Waals surface area contributed by atoms with Gasteiger partial charge in [-0.3, -0.25) is 0 Å². The van der Waals surface area contributed by atoms with Crippen molar-refractivity contribution < 1.29 is 24.1 Å². The molecule has 0 atom stereocenters. The number of fused-ring (bicyclic) bond motifs is 1. The predicted octanol–water partition coefficient (Wildman–Crippen LogP) is 2.00. The van der Waals surface area contributed by atoms with Crippen molar-refractivity contribution >= 4 is 5.97 Å². The Morgan fingerprint density at radius 3 is 2.72 bits per heavy atom. The van der Waals surface area contributed by atoms with E-state index >= 15 is 0 Å². The summed E-state index contributed by atoms with van der Waals surface area (Å²) in [6, 6.07) is 3.46. The van der Waals surface area contributed by atoms with Gasteiger partial charge in [0.15, 0.2) is 11.5 Å². The van der Waals surface area contributed by atoms with Crippen molar-refractivity contribution in [2.24, 2.45) is 0 Å². The van der Waals surface area contributed by atoms with E-state index in [9.17, 15) is 4.79 Å². The fourth-order valence-electron chi connectivity index (χ4n) is 1.70. The molecule has 18 heavy (non-hydrogen) atoms. The van der Waals surface area contributed by atoms with Crippen LogP contribution >= 0.6 is 0 Å². The summed E-state index contributed by atoms with van der Waals surface area (Å²) >= 11 is 0. The number of hydrogen-bond acceptors (Lipinski definition) is 4. The number of hydrogen-bond donors (Lipinski definition) is 1. The Balaban J connectivity index is 2.32. The predicted molar refractivity (Wildman–Crippen MR) is 64.2 cm³/mol. The minimum Gasteiger partial charge on any atom is -0.493 e. The molecule has 1 aliphatic heterocycles. The molecule has 0 aliphatic carbocycles. The van der Waals surface area contributed by atoms with Gasteiger partial charge in [-0.25, -0.2) is 4.79 Å². The van der Waals surface area contributed by atoms with Gasteiger partial charge in [0.1, 0.15) is 5.75 Å². The van der Waals surface area contributed by atoms with Crippen LogP contribution in [0, 0.1) is 0 Å². The van der Waals surface area contributed by atoms with Gasteiger partial charge >= 0.3 is 5.97 Å². The number of benzene rings is 1. The molecule has 0 amide bonds. The number of aliphatic carboxylic acids is 1. The van der Waals surface area contributed by atoms with Crippen LogP contribution in [0.15, 0.2) is 24.3 Å². The van der Waals surface area contributed by atoms with E-state index in [0.29, 0.717) is 23.9 Å². The molecule has 1 N–H and O–H groups in total. The lowest BCUT2D eigenvalue weighted by Gasteiger charge is -2.11. The largest absolute Gasteiger partial charge is 0.493 e. The van der Waals surface area contributed by atoms with E-state index in [-0.39, 0.29) is 18.8 Å². The van der Waals surface area contributed by atoms with Crippen LogP contribution in [-0.2, 0) is 11.2 Å². The van der Waals surface area contributed by atoms with Crippen LogP contribution in [0.3, 0.4) is 0 Å². The van der Waals surface area contributed by atoms with E-state index in [1.807, 2.05) is 6.92 Å². The minimum atomic E-state index is -1.02. The Labute approximate surface area is 105 Å². The first-order valence-electron chi connectivity index (χ1n) is 5.58. The molecule has 0 saturated carbocycles. The molecule has 1 aromatic rings. The summed E-state index contributed by atoms with van der Waals surface area (Å²) in [5, 5.41) is 8.86. The summed E-state index contributed by atoms with van der Waals surface area (Å²) in [4.78, 5) is 10.8. The van der Waals surface area contributed by atoms with Crippen LogP contribution < -0.4 is 14.2 Å². The second-order valence-electron chi connectivity index (χ2n) is 3.83. The number of carbonyl (C=O) groups is 1. The molecular weight excluding hydrogens is 236 g/mol. The van der Waals surface area contributed by atoms with Crippen molar-refractivity contribution in [2.75, 3.05) is 13.4 Å². The quantitative estimate of drug-likeness (QED) is 0.810. The second kappa shape index (κ2) is 5.00. The third kappa shape index (κ3) is 2.40. The lowest BCUT2D eigenvalue weighted by molar-refractivity contribution is -0.132. The SMILES string of the molecule is C=C(Cc1cc2c(cc1OCC)OCO2)C(=O)O. The standard InChI is InChI=1S/C13H14O5/c1-3-16-10-6-12-11(17-7-18-12)5-9(10)4-8(2)13(14)15/h5-6H,2-4,7H2,1H3,(H,14,15). The fourth-order valence-corrected chi connectivity index (χ4v) is 1.70. The Kier molecular flexibility index (Phi) is 3.41. The van der Waals surface area contributed by atoms with Crippen LogP contribution in [0.5, 0.6) is 17.2 Å². The summed E-state index contributed by atoms with van der Waals surface area (Å²) in [6.45, 7) is 6.04. The zero-order valence-electron chi connectivity index (χ0n) is 10.1. The van der Waals surface area contributed by atoms with Gasteiger partial charge in [-0.1, -0.05) is 6.58 Å². The summed E-state index contributed by atoms with van der Waals surface area (Å²) in [5.74, 6) is 0.800. The van der Waals surface area contributed by atoms with E-state index < -0.39 is 5.97 Å². The summed E-state index contributed by atoms with van der Waals surface area (Å²) in [6.07, 6.45) is 0.210. The first kappa shape index (κ1) is 12.3. The van der Waals surface area contributed by atoms with Crippen molar-refractivity contribution in [3.8, 4) is 17.2 Å². The van der Waals surface area contributed by atoms with Crippen molar-refractivity contribution in [3.63, 3.8) is 0 Å². The zero-order valence-corrected chi connectivity index (χ0v) is 10.1. The smallest absolute Gasteiger partial charge is 0.331 e. The van der Waals surface area contributed by atoms with Crippen LogP contribution in [0.1, 0.15) is 12.5 Å². The lowest BCUT2D eigenvalue weighted by Crippen LogP contribution is -2.04. The third-order valence-corrected chi connectivity index (χ3v) is 2.56. The number of rotatable bonds is 5. The average molecular weight is 250 g/mol. The van der Waals surface area contributed by atoms with Crippen molar-refractivity contribution in [2.45, 2.75) is 13.3 Å². The summed E-state index contributed by atoms with van der Waals surface area (Å²) < 4.78 is 16.0. The average Bonchev–Trinajstić information content (AvgIpc) is 2.76. The highest BCUT2D eigenvalue weighted by Crippen LogP contribution is 2.38. The maximum atomic E-state index is 10.8. The lowest BCUT2D eigenvalue weighted by atomic mass is 10.0. The highest BCUT2D eigenvalue weighted by atomic mass is 16.7. The Morgan fingerprint density at radius 1 is 1.44 bits per heavy atom. The maximum Gasteiger partial charge on any atom is 0.331 e. The Hall–Kier alpha value is -2.17. The molecule has 5 nitrogen and oxygen atoms in total. The molecule has 2 rings (SSSR count). The Bertz CT molecular complexity index is 492.